The van der Waals surface area contributed by atoms with Crippen molar-refractivity contribution in [3.8, 4) is 5.75 Å². The number of nitrogens with zero attached hydrogens (tertiary/aromatic N) is 4. The largest absolute Gasteiger partial charge is 0.489 e. The molecule has 3 aliphatic rings. The van der Waals surface area contributed by atoms with E-state index in [9.17, 15) is 4.79 Å². The van der Waals surface area contributed by atoms with Gasteiger partial charge in [-0.25, -0.2) is 9.97 Å². The van der Waals surface area contributed by atoms with E-state index in [0.717, 1.165) is 70.6 Å². The number of amides is 1. The van der Waals surface area contributed by atoms with Crippen LogP contribution in [0.1, 0.15) is 37.1 Å². The maximum Gasteiger partial charge on any atom is 0.226 e. The van der Waals surface area contributed by atoms with E-state index in [1.165, 1.54) is 10.4 Å². The summed E-state index contributed by atoms with van der Waals surface area (Å²) in [5.74, 6) is 1.84. The lowest BCUT2D eigenvalue weighted by Gasteiger charge is -2.32. The van der Waals surface area contributed by atoms with Crippen molar-refractivity contribution >= 4 is 49.9 Å². The minimum Gasteiger partial charge on any atom is -0.489 e. The molecular weight excluding hydrogens is 476 g/mol. The second kappa shape index (κ2) is 8.41. The molecule has 1 aromatic carbocycles. The average molecular weight is 505 g/mol. The number of hydrogen-bond donors (Lipinski definition) is 2. The van der Waals surface area contributed by atoms with Crippen molar-refractivity contribution in [1.82, 2.24) is 25.1 Å². The van der Waals surface area contributed by atoms with Crippen LogP contribution in [0.2, 0.25) is 0 Å². The van der Waals surface area contributed by atoms with E-state index in [1.54, 1.807) is 23.9 Å². The van der Waals surface area contributed by atoms with E-state index in [4.69, 9.17) is 9.47 Å². The van der Waals surface area contributed by atoms with Gasteiger partial charge in [0.15, 0.2) is 0 Å². The number of fused-ring (bicyclic) bond motifs is 6. The molecule has 0 saturated carbocycles. The predicted octanol–water partition coefficient (Wildman–Crippen LogP) is 4.20. The first-order valence-corrected chi connectivity index (χ1v) is 13.4. The Labute approximate surface area is 212 Å². The normalized spacial score (nSPS) is 23.1. The Balaban J connectivity index is 1.20. The zero-order valence-corrected chi connectivity index (χ0v) is 21.1. The Morgan fingerprint density at radius 1 is 1.33 bits per heavy atom. The molecule has 2 fully saturated rings. The molecular formula is C26H28N6O3S. The summed E-state index contributed by atoms with van der Waals surface area (Å²) in [6.07, 6.45) is 7.13. The van der Waals surface area contributed by atoms with Crippen LogP contribution in [0.3, 0.4) is 0 Å². The number of ether oxygens (including phenoxy) is 2. The van der Waals surface area contributed by atoms with Gasteiger partial charge < -0.3 is 19.7 Å². The molecule has 1 aliphatic carbocycles. The topological polar surface area (TPSA) is 105 Å². The number of anilines is 2. The number of benzene rings is 1. The Bertz CT molecular complexity index is 1480. The molecule has 2 N–H and O–H groups in total. The molecule has 0 spiro atoms. The van der Waals surface area contributed by atoms with E-state index in [-0.39, 0.29) is 24.2 Å². The van der Waals surface area contributed by atoms with Crippen molar-refractivity contribution < 1.29 is 14.3 Å². The number of nitrogens with one attached hydrogen (secondary N) is 2. The van der Waals surface area contributed by atoms with Crippen LogP contribution in [0.25, 0.3) is 21.1 Å². The van der Waals surface area contributed by atoms with Gasteiger partial charge in [-0.05, 0) is 51.2 Å². The third-order valence-corrected chi connectivity index (χ3v) is 8.70. The zero-order chi connectivity index (χ0) is 24.4. The molecule has 2 saturated heterocycles. The van der Waals surface area contributed by atoms with E-state index in [0.29, 0.717) is 12.5 Å². The lowest BCUT2D eigenvalue weighted by atomic mass is 9.86. The van der Waals surface area contributed by atoms with Crippen molar-refractivity contribution in [1.29, 1.82) is 0 Å². The quantitative estimate of drug-likeness (QED) is 0.420. The smallest absolute Gasteiger partial charge is 0.226 e. The highest BCUT2D eigenvalue weighted by molar-refractivity contribution is 7.19. The molecule has 5 heterocycles. The van der Waals surface area contributed by atoms with E-state index < -0.39 is 0 Å². The molecule has 3 atom stereocenters. The maximum atomic E-state index is 13.3. The molecule has 0 radical (unpaired) electrons. The van der Waals surface area contributed by atoms with Crippen molar-refractivity contribution in [3.63, 3.8) is 0 Å². The highest BCUT2D eigenvalue weighted by Crippen LogP contribution is 2.42. The maximum absolute atomic E-state index is 13.3. The van der Waals surface area contributed by atoms with Gasteiger partial charge >= 0.3 is 0 Å². The fraction of sp³-hybridized carbons (Fsp3) is 0.462. The number of aromatic nitrogens is 4. The first-order valence-electron chi connectivity index (χ1n) is 12.6. The second-order valence-corrected chi connectivity index (χ2v) is 11.4. The third-order valence-electron chi connectivity index (χ3n) is 7.53. The van der Waals surface area contributed by atoms with Crippen molar-refractivity contribution in [3.05, 3.63) is 35.1 Å². The number of thiophene rings is 1. The lowest BCUT2D eigenvalue weighted by Crippen LogP contribution is -2.45. The van der Waals surface area contributed by atoms with Crippen LogP contribution in [-0.4, -0.2) is 62.4 Å². The lowest BCUT2D eigenvalue weighted by molar-refractivity contribution is -0.140. The van der Waals surface area contributed by atoms with Gasteiger partial charge in [0.05, 0.1) is 47.6 Å². The van der Waals surface area contributed by atoms with E-state index >= 15 is 0 Å². The summed E-state index contributed by atoms with van der Waals surface area (Å²) < 4.78 is 11.8. The third kappa shape index (κ3) is 3.62. The number of likely N-dealkylation sites (tertiary alicyclic amines) is 1. The van der Waals surface area contributed by atoms with Gasteiger partial charge in [0.2, 0.25) is 5.91 Å². The van der Waals surface area contributed by atoms with Crippen LogP contribution in [0, 0.1) is 5.92 Å². The van der Waals surface area contributed by atoms with Gasteiger partial charge in [-0.3, -0.25) is 9.89 Å². The summed E-state index contributed by atoms with van der Waals surface area (Å²) in [6, 6.07) is 4.27. The van der Waals surface area contributed by atoms with Crippen molar-refractivity contribution in [2.75, 3.05) is 18.5 Å². The zero-order valence-electron chi connectivity index (χ0n) is 20.3. The van der Waals surface area contributed by atoms with Crippen LogP contribution in [0.5, 0.6) is 5.75 Å². The molecule has 7 rings (SSSR count). The molecule has 9 nitrogen and oxygen atoms in total. The number of H-pyrrole nitrogens is 1. The van der Waals surface area contributed by atoms with E-state index in [1.807, 2.05) is 26.0 Å². The fourth-order valence-electron chi connectivity index (χ4n) is 5.87. The summed E-state index contributed by atoms with van der Waals surface area (Å²) in [6.45, 7) is 5.46. The number of morpholine rings is 1. The fourth-order valence-corrected chi connectivity index (χ4v) is 7.14. The highest BCUT2D eigenvalue weighted by atomic mass is 32.1. The van der Waals surface area contributed by atoms with Gasteiger partial charge in [0.1, 0.15) is 22.7 Å². The SMILES string of the molecule is CC(C)Oc1cc2[nH]ncc2cc1Nc1ncnc2sc3c(c12)CC[C@H](C(=O)N1C[C@@H]2C[C@H]1CO2)C3. The van der Waals surface area contributed by atoms with Crippen LogP contribution in [0.15, 0.2) is 24.7 Å². The number of hydrogen-bond acceptors (Lipinski definition) is 8. The summed E-state index contributed by atoms with van der Waals surface area (Å²) in [5, 5.41) is 12.8. The average Bonchev–Trinajstić information content (AvgIpc) is 3.66. The predicted molar refractivity (Wildman–Crippen MR) is 138 cm³/mol. The Morgan fingerprint density at radius 3 is 3.06 bits per heavy atom. The standard InChI is InChI=1S/C26H28N6O3S/c1-13(2)35-21-8-19-15(9-29-31-19)5-20(21)30-24-23-18-4-3-14(6-22(18)36-25(23)28-12-27-24)26(33)32-10-17-7-16(32)11-34-17/h5,8-9,12-14,16-17H,3-4,6-7,10-11H2,1-2H3,(H,29,31)(H,27,28,30)/t14-,16-,17-/m0/s1. The number of aryl methyl sites for hydroxylation is 1. The van der Waals surface area contributed by atoms with Gasteiger partial charge in [-0.15, -0.1) is 11.3 Å². The molecule has 186 valence electrons. The molecule has 2 bridgehead atoms. The second-order valence-electron chi connectivity index (χ2n) is 10.3. The van der Waals surface area contributed by atoms with E-state index in [2.05, 4.69) is 30.4 Å². The van der Waals surface area contributed by atoms with Crippen LogP contribution in [-0.2, 0) is 22.4 Å². The van der Waals surface area contributed by atoms with Gasteiger partial charge in [-0.1, -0.05) is 0 Å². The van der Waals surface area contributed by atoms with Gasteiger partial charge in [-0.2, -0.15) is 5.10 Å². The molecule has 4 aromatic rings. The van der Waals surface area contributed by atoms with Crippen LogP contribution >= 0.6 is 11.3 Å². The van der Waals surface area contributed by atoms with Crippen LogP contribution in [0.4, 0.5) is 11.5 Å². The summed E-state index contributed by atoms with van der Waals surface area (Å²) in [4.78, 5) is 26.8. The minimum atomic E-state index is 0.0251. The first-order chi connectivity index (χ1) is 17.5. The van der Waals surface area contributed by atoms with Crippen molar-refractivity contribution in [2.45, 2.75) is 57.8 Å². The number of rotatable bonds is 5. The molecule has 2 aliphatic heterocycles. The van der Waals surface area contributed by atoms with Crippen LogP contribution < -0.4 is 10.1 Å². The summed E-state index contributed by atoms with van der Waals surface area (Å²) in [7, 11) is 0. The number of carbonyl (C=O) groups is 1. The van der Waals surface area contributed by atoms with Gasteiger partial charge in [0.25, 0.3) is 0 Å². The minimum absolute atomic E-state index is 0.0251. The van der Waals surface area contributed by atoms with Gasteiger partial charge in [0, 0.05) is 28.8 Å². The first kappa shape index (κ1) is 22.0. The monoisotopic (exact) mass is 504 g/mol. The molecule has 1 amide bonds. The Kier molecular flexibility index (Phi) is 5.14. The van der Waals surface area contributed by atoms with Crippen molar-refractivity contribution in [2.24, 2.45) is 5.92 Å². The molecule has 0 unspecified atom stereocenters. The Morgan fingerprint density at radius 2 is 2.25 bits per heavy atom. The number of aromatic amines is 1. The summed E-state index contributed by atoms with van der Waals surface area (Å²) in [5.41, 5.74) is 3.03. The summed E-state index contributed by atoms with van der Waals surface area (Å²) >= 11 is 1.69. The highest BCUT2D eigenvalue weighted by Gasteiger charge is 2.43. The molecule has 3 aromatic heterocycles. The molecule has 10 heteroatoms. The molecule has 36 heavy (non-hydrogen) atoms. The Hall–Kier alpha value is -3.24. The number of carbonyl (C=O) groups excluding carboxylic acids is 1.